The molecule has 53 heavy (non-hydrogen) atoms. The van der Waals surface area contributed by atoms with E-state index in [1.165, 1.54) is 31.2 Å². The summed E-state index contributed by atoms with van der Waals surface area (Å²) in [6, 6.07) is 4.12. The van der Waals surface area contributed by atoms with E-state index in [0.29, 0.717) is 11.0 Å². The number of methoxy groups -OCH3 is 1. The molecule has 4 aromatic rings. The molecule has 1 fully saturated rings. The zero-order valence-electron chi connectivity index (χ0n) is 45.0. The van der Waals surface area contributed by atoms with Gasteiger partial charge in [0.05, 0.1) is 26.7 Å². The van der Waals surface area contributed by atoms with E-state index in [1.54, 1.807) is 0 Å². The summed E-state index contributed by atoms with van der Waals surface area (Å²) in [4.78, 5) is 15.9. The smallest absolute Gasteiger partial charge is 0.384 e. The highest BCUT2D eigenvalue weighted by molar-refractivity contribution is 8.02. The Morgan fingerprint density at radius 1 is 1.08 bits per heavy atom. The molecule has 2 aliphatic heterocycles. The van der Waals surface area contributed by atoms with Crippen molar-refractivity contribution in [3.63, 3.8) is 0 Å². The van der Waals surface area contributed by atoms with Gasteiger partial charge < -0.3 is 24.5 Å². The largest absolute Gasteiger partial charge is 0.416 e. The summed E-state index contributed by atoms with van der Waals surface area (Å²) in [6.45, 7) is -13.7. The summed E-state index contributed by atoms with van der Waals surface area (Å²) in [5.74, 6) is -4.86. The van der Waals surface area contributed by atoms with Crippen LogP contribution in [0.3, 0.4) is 0 Å². The van der Waals surface area contributed by atoms with Gasteiger partial charge in [0.25, 0.3) is 0 Å². The number of ether oxygens (including phenoxy) is 1. The van der Waals surface area contributed by atoms with Crippen molar-refractivity contribution < 1.29 is 59.9 Å². The number of hydrogen-bond acceptors (Lipinski definition) is 6. The number of halogens is 5. The van der Waals surface area contributed by atoms with Gasteiger partial charge in [0.1, 0.15) is 12.6 Å². The normalized spacial score (nSPS) is 26.5. The minimum atomic E-state index is -4.66. The van der Waals surface area contributed by atoms with Crippen LogP contribution >= 0.6 is 11.8 Å². The lowest BCUT2D eigenvalue weighted by atomic mass is 9.99. The van der Waals surface area contributed by atoms with Crippen LogP contribution in [-0.2, 0) is 28.0 Å². The molecule has 2 aliphatic rings. The van der Waals surface area contributed by atoms with Gasteiger partial charge in [-0.15, -0.1) is 11.8 Å². The maximum Gasteiger partial charge on any atom is 0.416 e. The highest BCUT2D eigenvalue weighted by Crippen LogP contribution is 2.41. The van der Waals surface area contributed by atoms with Gasteiger partial charge in [0, 0.05) is 75.4 Å². The fourth-order valence-electron chi connectivity index (χ4n) is 5.21. The van der Waals surface area contributed by atoms with Crippen LogP contribution in [-0.4, -0.2) is 66.6 Å². The van der Waals surface area contributed by atoms with Gasteiger partial charge in [-0.3, -0.25) is 4.79 Å². The van der Waals surface area contributed by atoms with Crippen LogP contribution in [0.4, 0.5) is 27.6 Å². The number of piperidine rings is 1. The van der Waals surface area contributed by atoms with Crippen LogP contribution in [0, 0.1) is 18.6 Å². The average Bonchev–Trinajstić information content (AvgIpc) is 3.28. The molecular weight excluding hydrogens is 710 g/mol. The van der Waals surface area contributed by atoms with Gasteiger partial charge in [-0.1, -0.05) is 66.2 Å². The second-order valence-electron chi connectivity index (χ2n) is 11.5. The van der Waals surface area contributed by atoms with E-state index in [-0.39, 0.29) is 43.8 Å². The van der Waals surface area contributed by atoms with Crippen LogP contribution in [0.25, 0.3) is 11.1 Å². The number of fused-ring (bicyclic) bond motifs is 1. The summed E-state index contributed by atoms with van der Waals surface area (Å²) in [6.07, 6.45) is -15.1. The number of rotatable bonds is 12. The Morgan fingerprint density at radius 3 is 2.42 bits per heavy atom. The first kappa shape index (κ1) is 22.2. The van der Waals surface area contributed by atoms with E-state index in [9.17, 15) is 29.5 Å². The zero-order chi connectivity index (χ0) is 52.9. The van der Waals surface area contributed by atoms with E-state index in [4.69, 9.17) is 16.4 Å². The number of aliphatic hydroxyl groups excluding tert-OH is 1. The van der Waals surface area contributed by atoms with Crippen LogP contribution in [0.1, 0.15) is 70.0 Å². The molecule has 0 spiro atoms. The molecule has 0 aromatic heterocycles. The molecule has 0 saturated carbocycles. The van der Waals surface area contributed by atoms with Crippen molar-refractivity contribution in [2.24, 2.45) is 0 Å². The van der Waals surface area contributed by atoms with Crippen molar-refractivity contribution in [2.75, 3.05) is 44.7 Å². The summed E-state index contributed by atoms with van der Waals surface area (Å²) >= 11 is -0.116. The molecule has 1 N–H and O–H groups in total. The van der Waals surface area contributed by atoms with Crippen LogP contribution < -0.4 is 4.90 Å². The number of nitrogens with zero attached hydrogens (tertiary/aromatic N) is 3. The minimum absolute atomic E-state index is 0.0800. The quantitative estimate of drug-likeness (QED) is 0.146. The highest BCUT2D eigenvalue weighted by Gasteiger charge is 2.33. The lowest BCUT2D eigenvalue weighted by molar-refractivity contribution is -0.137. The summed E-state index contributed by atoms with van der Waals surface area (Å²) in [5, 5.41) is 10.7. The van der Waals surface area contributed by atoms with Gasteiger partial charge >= 0.3 is 6.18 Å². The molecule has 0 radical (unpaired) electrons. The molecular formula is C41H42F5N3O3S. The van der Waals surface area contributed by atoms with Crippen molar-refractivity contribution >= 4 is 23.4 Å². The van der Waals surface area contributed by atoms with Gasteiger partial charge in [-0.25, -0.2) is 8.78 Å². The fraction of sp³-hybridized carbons (Fsp3) is 0.341. The number of anilines is 1. The first-order chi connectivity index (χ1) is 31.9. The number of thioether (sulfide) groups is 1. The third-order valence-electron chi connectivity index (χ3n) is 7.89. The maximum absolute atomic E-state index is 15.4. The molecule has 1 amide bonds. The Morgan fingerprint density at radius 2 is 1.75 bits per heavy atom. The molecule has 1 unspecified atom stereocenters. The monoisotopic (exact) mass is 768 g/mol. The maximum atomic E-state index is 15.4. The second kappa shape index (κ2) is 16.8. The number of aliphatic hydroxyl groups is 1. The third-order valence-corrected chi connectivity index (χ3v) is 8.75. The number of amides is 1. The topological polar surface area (TPSA) is 56.3 Å². The van der Waals surface area contributed by atoms with Crippen LogP contribution in [0.15, 0.2) is 95.9 Å². The van der Waals surface area contributed by atoms with Gasteiger partial charge in [-0.2, -0.15) is 13.2 Å². The summed E-state index contributed by atoms with van der Waals surface area (Å²) in [5.41, 5.74) is -6.17. The van der Waals surface area contributed by atoms with E-state index in [2.05, 4.69) is 4.74 Å². The molecule has 2 heterocycles. The second-order valence-corrected chi connectivity index (χ2v) is 12.3. The predicted octanol–water partition coefficient (Wildman–Crippen LogP) is 8.73. The number of likely N-dealkylation sites (tertiary alicyclic amines) is 1. The number of alkyl halides is 3. The van der Waals surface area contributed by atoms with Gasteiger partial charge in [-0.05, 0) is 66.7 Å². The lowest BCUT2D eigenvalue weighted by Crippen LogP contribution is -2.50. The van der Waals surface area contributed by atoms with Gasteiger partial charge in [0.15, 0.2) is 11.6 Å². The number of hydrogen-bond donors (Lipinski definition) is 1. The number of benzene rings is 4. The van der Waals surface area contributed by atoms with E-state index >= 15 is 9.18 Å². The molecule has 6 nitrogen and oxygen atoms in total. The summed E-state index contributed by atoms with van der Waals surface area (Å²) < 4.78 is 226. The number of carbonyl (C=O) groups excluding carboxylic acids is 1. The summed E-state index contributed by atoms with van der Waals surface area (Å²) in [7, 11) is 0.814. The molecule has 6 rings (SSSR count). The van der Waals surface area contributed by atoms with Crippen molar-refractivity contribution in [3.05, 3.63) is 135 Å². The molecule has 12 heteroatoms. The van der Waals surface area contributed by atoms with Crippen LogP contribution in [0.5, 0.6) is 0 Å². The Labute approximate surface area is 334 Å². The Bertz CT molecular complexity index is 2700. The average molecular weight is 769 g/mol. The van der Waals surface area contributed by atoms with E-state index in [0.717, 1.165) is 43.5 Å². The molecule has 1 atom stereocenters. The molecule has 280 valence electrons. The van der Waals surface area contributed by atoms with Crippen molar-refractivity contribution in [1.82, 2.24) is 9.80 Å². The molecule has 0 aliphatic carbocycles. The Balaban J connectivity index is 1.58. The standard InChI is InChI=1S/C41H42F5N3O3S/c1-27-6-15-36-34(22-27)37(50)23-39(53-26-31-4-3-5-35(42)40(31)43)49(36)25-38(51)48(33-16-18-47(19-17-33)20-21-52-2)24-28-7-9-29(10-8-28)30-11-13-32(14-12-30)41(44,45)46/h3-15,22-23,33,37,50H,16-21,24-26H2,1-2H3/i6D,15D,16D2,17D2,18D2,19D2,21D2,22D,23D,26D2,33D. The minimum Gasteiger partial charge on any atom is -0.384 e. The molecule has 0 bridgehead atoms. The first-order valence-corrected chi connectivity index (χ1v) is 16.6. The zero-order valence-corrected chi connectivity index (χ0v) is 28.8. The highest BCUT2D eigenvalue weighted by atomic mass is 32.2. The van der Waals surface area contributed by atoms with Gasteiger partial charge in [0.2, 0.25) is 5.91 Å². The van der Waals surface area contributed by atoms with Crippen molar-refractivity contribution in [3.8, 4) is 11.1 Å². The number of carbonyl (C=O) groups is 1. The Kier molecular flexibility index (Phi) is 7.06. The Hall–Kier alpha value is -4.23. The third kappa shape index (κ3) is 9.29. The fourth-order valence-corrected chi connectivity index (χ4v) is 6.01. The van der Waals surface area contributed by atoms with Crippen molar-refractivity contribution in [1.29, 1.82) is 0 Å². The van der Waals surface area contributed by atoms with E-state index in [1.807, 2.05) is 0 Å². The molecule has 1 saturated heterocycles. The molecule has 4 aromatic carbocycles. The van der Waals surface area contributed by atoms with Crippen LogP contribution in [0.2, 0.25) is 0 Å². The lowest BCUT2D eigenvalue weighted by Gasteiger charge is -2.40. The SMILES string of the molecule is [2H]C1=C(SC([2H])([2H])c2cccc(F)c2F)N(CC(=O)N(Cc2ccc(-c3ccc(C(F)(F)F)cc3)cc2)C2([2H])C([2H])([2H])C([2H])([2H])N(CC([2H])([2H])OC)C([2H])([2H])C2([2H])[2H])c2c([2H])c([2H])c(C)c([2H])c2C1O. The van der Waals surface area contributed by atoms with E-state index < -0.39 is 145 Å². The van der Waals surface area contributed by atoms with Crippen molar-refractivity contribution in [2.45, 2.75) is 50.2 Å². The predicted molar refractivity (Wildman–Crippen MR) is 198 cm³/mol. The first-order valence-electron chi connectivity index (χ1n) is 24.2.